The van der Waals surface area contributed by atoms with Gasteiger partial charge in [-0.3, -0.25) is 0 Å². The molecule has 0 aliphatic heterocycles. The van der Waals surface area contributed by atoms with Crippen LogP contribution in [0, 0.1) is 5.82 Å². The minimum atomic E-state index is -0.285. The average Bonchev–Trinajstić information content (AvgIpc) is 3.37. The first-order chi connectivity index (χ1) is 13.7. The van der Waals surface area contributed by atoms with Crippen molar-refractivity contribution in [1.29, 1.82) is 0 Å². The average molecular weight is 413 g/mol. The number of ether oxygens (including phenoxy) is 2. The largest absolute Gasteiger partial charge is 0.497 e. The van der Waals surface area contributed by atoms with Crippen LogP contribution in [0.2, 0.25) is 0 Å². The monoisotopic (exact) mass is 413 g/mol. The predicted octanol–water partition coefficient (Wildman–Crippen LogP) is 5.83. The van der Waals surface area contributed by atoms with Crippen molar-refractivity contribution in [2.75, 3.05) is 19.5 Å². The van der Waals surface area contributed by atoms with Gasteiger partial charge in [-0.05, 0) is 12.1 Å². The number of anilines is 2. The Morgan fingerprint density at radius 3 is 2.32 bits per heavy atom. The first-order valence-corrected chi connectivity index (χ1v) is 10.1. The van der Waals surface area contributed by atoms with Gasteiger partial charge < -0.3 is 14.8 Å². The third-order valence-electron chi connectivity index (χ3n) is 3.98. The molecule has 0 amide bonds. The maximum Gasteiger partial charge on any atom is 0.187 e. The lowest BCUT2D eigenvalue weighted by Gasteiger charge is -2.08. The van der Waals surface area contributed by atoms with Crippen molar-refractivity contribution in [3.05, 3.63) is 59.0 Å². The molecule has 1 N–H and O–H groups in total. The van der Waals surface area contributed by atoms with E-state index in [2.05, 4.69) is 15.3 Å². The smallest absolute Gasteiger partial charge is 0.187 e. The molecule has 0 aliphatic carbocycles. The van der Waals surface area contributed by atoms with Crippen molar-refractivity contribution in [3.63, 3.8) is 0 Å². The Bertz CT molecular complexity index is 1090. The summed E-state index contributed by atoms with van der Waals surface area (Å²) in [7, 11) is 3.21. The molecule has 2 heterocycles. The highest BCUT2D eigenvalue weighted by molar-refractivity contribution is 7.15. The van der Waals surface area contributed by atoms with E-state index in [-0.39, 0.29) is 5.82 Å². The van der Waals surface area contributed by atoms with Gasteiger partial charge in [-0.2, -0.15) is 0 Å². The van der Waals surface area contributed by atoms with Crippen LogP contribution < -0.4 is 14.8 Å². The molecule has 4 rings (SSSR count). The Morgan fingerprint density at radius 1 is 0.893 bits per heavy atom. The molecule has 0 aliphatic rings. The summed E-state index contributed by atoms with van der Waals surface area (Å²) in [6, 6.07) is 12.1. The number of hydrogen-bond donors (Lipinski definition) is 1. The van der Waals surface area contributed by atoms with Crippen LogP contribution in [0.25, 0.3) is 22.0 Å². The molecule has 2 aromatic carbocycles. The van der Waals surface area contributed by atoms with Gasteiger partial charge in [0.25, 0.3) is 0 Å². The number of hydrogen-bond acceptors (Lipinski definition) is 7. The minimum absolute atomic E-state index is 0.285. The molecule has 0 saturated heterocycles. The standard InChI is InChI=1S/C20H16FN3O2S2/c1-25-13-7-12(8-14(9-13)26-2)22-20-24-18(11-28-20)19-23-17(10-27-19)15-5-3-4-6-16(15)21/h3-11H,1-2H3,(H,22,24). The lowest BCUT2D eigenvalue weighted by Crippen LogP contribution is -1.93. The zero-order valence-electron chi connectivity index (χ0n) is 15.1. The molecule has 8 heteroatoms. The Labute approximate surface area is 169 Å². The second-order valence-electron chi connectivity index (χ2n) is 5.78. The summed E-state index contributed by atoms with van der Waals surface area (Å²) in [5, 5.41) is 8.47. The molecule has 0 saturated carbocycles. The topological polar surface area (TPSA) is 56.3 Å². The maximum absolute atomic E-state index is 14.0. The van der Waals surface area contributed by atoms with Crippen molar-refractivity contribution in [2.24, 2.45) is 0 Å². The van der Waals surface area contributed by atoms with Gasteiger partial charge in [-0.25, -0.2) is 14.4 Å². The maximum atomic E-state index is 14.0. The van der Waals surface area contributed by atoms with E-state index in [0.717, 1.165) is 16.4 Å². The zero-order valence-corrected chi connectivity index (χ0v) is 16.7. The second kappa shape index (κ2) is 7.95. The Hall–Kier alpha value is -2.97. The zero-order chi connectivity index (χ0) is 19.5. The fraction of sp³-hybridized carbons (Fsp3) is 0.100. The molecule has 0 atom stereocenters. The molecular weight excluding hydrogens is 397 g/mol. The molecule has 2 aromatic heterocycles. The number of rotatable bonds is 6. The SMILES string of the molecule is COc1cc(Nc2nc(-c3nc(-c4ccccc4F)cs3)cs2)cc(OC)c1. The lowest BCUT2D eigenvalue weighted by atomic mass is 10.2. The number of nitrogens with one attached hydrogen (secondary N) is 1. The third-order valence-corrected chi connectivity index (χ3v) is 5.60. The highest BCUT2D eigenvalue weighted by Crippen LogP contribution is 2.34. The van der Waals surface area contributed by atoms with E-state index in [1.54, 1.807) is 38.5 Å². The van der Waals surface area contributed by atoms with Crippen molar-refractivity contribution in [1.82, 2.24) is 9.97 Å². The van der Waals surface area contributed by atoms with Gasteiger partial charge in [0, 0.05) is 40.2 Å². The van der Waals surface area contributed by atoms with E-state index >= 15 is 0 Å². The van der Waals surface area contributed by atoms with Crippen molar-refractivity contribution in [3.8, 4) is 33.5 Å². The fourth-order valence-corrected chi connectivity index (χ4v) is 4.19. The lowest BCUT2D eigenvalue weighted by molar-refractivity contribution is 0.395. The summed E-state index contributed by atoms with van der Waals surface area (Å²) in [6.45, 7) is 0. The molecule has 4 aromatic rings. The molecule has 5 nitrogen and oxygen atoms in total. The third kappa shape index (κ3) is 3.83. The van der Waals surface area contributed by atoms with Crippen LogP contribution in [0.5, 0.6) is 11.5 Å². The molecule has 142 valence electrons. The van der Waals surface area contributed by atoms with Crippen LogP contribution in [0.3, 0.4) is 0 Å². The molecule has 0 bridgehead atoms. The summed E-state index contributed by atoms with van der Waals surface area (Å²) in [4.78, 5) is 9.14. The van der Waals surface area contributed by atoms with Crippen molar-refractivity contribution < 1.29 is 13.9 Å². The Morgan fingerprint density at radius 2 is 1.61 bits per heavy atom. The highest BCUT2D eigenvalue weighted by atomic mass is 32.1. The minimum Gasteiger partial charge on any atom is -0.497 e. The van der Waals surface area contributed by atoms with E-state index in [1.807, 2.05) is 22.9 Å². The molecule has 0 spiro atoms. The van der Waals surface area contributed by atoms with Crippen LogP contribution >= 0.6 is 22.7 Å². The van der Waals surface area contributed by atoms with Crippen LogP contribution in [-0.2, 0) is 0 Å². The molecule has 0 radical (unpaired) electrons. The Kier molecular flexibility index (Phi) is 5.23. The van der Waals surface area contributed by atoms with E-state index in [0.29, 0.717) is 27.9 Å². The van der Waals surface area contributed by atoms with E-state index in [9.17, 15) is 4.39 Å². The molecule has 0 fully saturated rings. The number of aromatic nitrogens is 2. The first kappa shape index (κ1) is 18.4. The summed E-state index contributed by atoms with van der Waals surface area (Å²) < 4.78 is 24.6. The number of nitrogens with zero attached hydrogens (tertiary/aromatic N) is 2. The van der Waals surface area contributed by atoms with Crippen LogP contribution in [-0.4, -0.2) is 24.2 Å². The van der Waals surface area contributed by atoms with Crippen molar-refractivity contribution in [2.45, 2.75) is 0 Å². The molecule has 0 unspecified atom stereocenters. The summed E-state index contributed by atoms with van der Waals surface area (Å²) in [5.74, 6) is 1.09. The van der Waals surface area contributed by atoms with Gasteiger partial charge in [0.05, 0.1) is 19.9 Å². The van der Waals surface area contributed by atoms with E-state index in [1.165, 1.54) is 28.7 Å². The number of thiazole rings is 2. The number of halogens is 1. The van der Waals surface area contributed by atoms with E-state index < -0.39 is 0 Å². The van der Waals surface area contributed by atoms with Crippen LogP contribution in [0.1, 0.15) is 0 Å². The van der Waals surface area contributed by atoms with Gasteiger partial charge >= 0.3 is 0 Å². The summed E-state index contributed by atoms with van der Waals surface area (Å²) >= 11 is 2.90. The Balaban J connectivity index is 1.56. The second-order valence-corrected chi connectivity index (χ2v) is 7.50. The summed E-state index contributed by atoms with van der Waals surface area (Å²) in [5.41, 5.74) is 2.65. The quantitative estimate of drug-likeness (QED) is 0.431. The summed E-state index contributed by atoms with van der Waals surface area (Å²) in [6.07, 6.45) is 0. The molecule has 28 heavy (non-hydrogen) atoms. The predicted molar refractivity (Wildman–Crippen MR) is 111 cm³/mol. The first-order valence-electron chi connectivity index (χ1n) is 8.32. The van der Waals surface area contributed by atoms with E-state index in [4.69, 9.17) is 9.47 Å². The fourth-order valence-electron chi connectivity index (χ4n) is 2.62. The van der Waals surface area contributed by atoms with Gasteiger partial charge in [0.1, 0.15) is 28.0 Å². The van der Waals surface area contributed by atoms with Crippen molar-refractivity contribution >= 4 is 33.5 Å². The normalized spacial score (nSPS) is 10.7. The van der Waals surface area contributed by atoms with Gasteiger partial charge in [-0.1, -0.05) is 12.1 Å². The molecular formula is C20H16FN3O2S2. The van der Waals surface area contributed by atoms with Crippen LogP contribution in [0.15, 0.2) is 53.2 Å². The van der Waals surface area contributed by atoms with Crippen LogP contribution in [0.4, 0.5) is 15.2 Å². The van der Waals surface area contributed by atoms with Gasteiger partial charge in [0.15, 0.2) is 5.13 Å². The number of benzene rings is 2. The number of methoxy groups -OCH3 is 2. The van der Waals surface area contributed by atoms with Gasteiger partial charge in [0.2, 0.25) is 0 Å². The van der Waals surface area contributed by atoms with Gasteiger partial charge in [-0.15, -0.1) is 22.7 Å². The highest BCUT2D eigenvalue weighted by Gasteiger charge is 2.13.